The van der Waals surface area contributed by atoms with Gasteiger partial charge in [0.2, 0.25) is 5.91 Å². The van der Waals surface area contributed by atoms with Gasteiger partial charge in [0.1, 0.15) is 16.4 Å². The summed E-state index contributed by atoms with van der Waals surface area (Å²) < 4.78 is 24.6. The molecule has 3 heterocycles. The number of aryl methyl sites for hydroxylation is 1. The normalized spacial score (nSPS) is 17.8. The molecule has 1 unspecified atom stereocenters. The number of amides is 2. The van der Waals surface area contributed by atoms with E-state index in [1.807, 2.05) is 0 Å². The van der Waals surface area contributed by atoms with E-state index in [-0.39, 0.29) is 30.2 Å². The van der Waals surface area contributed by atoms with Gasteiger partial charge in [-0.05, 0) is 55.9 Å². The minimum atomic E-state index is -0.379. The molecule has 1 saturated heterocycles. The van der Waals surface area contributed by atoms with E-state index in [1.165, 1.54) is 29.7 Å². The van der Waals surface area contributed by atoms with Gasteiger partial charge in [0.25, 0.3) is 5.91 Å². The van der Waals surface area contributed by atoms with E-state index in [9.17, 15) is 14.0 Å². The Bertz CT molecular complexity index is 1150. The van der Waals surface area contributed by atoms with E-state index in [0.717, 1.165) is 49.2 Å². The van der Waals surface area contributed by atoms with Crippen LogP contribution in [0.5, 0.6) is 0 Å². The molecule has 3 aromatic rings. The number of halogens is 1. The molecule has 1 fully saturated rings. The summed E-state index contributed by atoms with van der Waals surface area (Å²) in [7, 11) is 0. The van der Waals surface area contributed by atoms with Crippen molar-refractivity contribution in [2.24, 2.45) is 0 Å². The lowest BCUT2D eigenvalue weighted by Gasteiger charge is -2.12. The van der Waals surface area contributed by atoms with Gasteiger partial charge in [0, 0.05) is 29.0 Å². The van der Waals surface area contributed by atoms with Crippen molar-refractivity contribution in [1.82, 2.24) is 5.32 Å². The summed E-state index contributed by atoms with van der Waals surface area (Å²) in [6.07, 6.45) is 6.33. The molecule has 2 aliphatic rings. The summed E-state index contributed by atoms with van der Waals surface area (Å²) >= 11 is 1.47. The smallest absolute Gasteiger partial charge is 0.254 e. The molecular formula is C23H23FN2O4S. The molecule has 0 saturated carbocycles. The van der Waals surface area contributed by atoms with Crippen molar-refractivity contribution in [3.63, 3.8) is 0 Å². The number of benzene rings is 1. The van der Waals surface area contributed by atoms with Crippen LogP contribution in [0.25, 0.3) is 11.0 Å². The van der Waals surface area contributed by atoms with E-state index in [2.05, 4.69) is 10.6 Å². The molecule has 31 heavy (non-hydrogen) atoms. The van der Waals surface area contributed by atoms with E-state index >= 15 is 0 Å². The average molecular weight is 443 g/mol. The molecular weight excluding hydrogens is 419 g/mol. The molecule has 6 nitrogen and oxygen atoms in total. The number of ether oxygens (including phenoxy) is 1. The van der Waals surface area contributed by atoms with Crippen molar-refractivity contribution in [3.8, 4) is 0 Å². The lowest BCUT2D eigenvalue weighted by Crippen LogP contribution is -2.32. The van der Waals surface area contributed by atoms with Crippen LogP contribution in [0.2, 0.25) is 0 Å². The minimum absolute atomic E-state index is 0.0377. The van der Waals surface area contributed by atoms with Crippen molar-refractivity contribution in [2.45, 2.75) is 44.6 Å². The second-order valence-corrected chi connectivity index (χ2v) is 9.14. The zero-order valence-corrected chi connectivity index (χ0v) is 17.8. The van der Waals surface area contributed by atoms with Gasteiger partial charge >= 0.3 is 0 Å². The number of carbonyl (C=O) groups excluding carboxylic acids is 2. The Balaban J connectivity index is 1.33. The number of fused-ring (bicyclic) bond motifs is 2. The molecule has 2 amide bonds. The van der Waals surface area contributed by atoms with Gasteiger partial charge in [-0.1, -0.05) is 0 Å². The highest BCUT2D eigenvalue weighted by atomic mass is 32.1. The highest BCUT2D eigenvalue weighted by Gasteiger charge is 2.28. The van der Waals surface area contributed by atoms with Crippen molar-refractivity contribution in [3.05, 3.63) is 51.8 Å². The van der Waals surface area contributed by atoms with Crippen LogP contribution in [-0.4, -0.2) is 31.1 Å². The van der Waals surface area contributed by atoms with E-state index in [4.69, 9.17) is 9.15 Å². The maximum absolute atomic E-state index is 13.6. The third-order valence-electron chi connectivity index (χ3n) is 5.88. The fraction of sp³-hybridized carbons (Fsp3) is 0.391. The number of thiophene rings is 1. The number of anilines is 1. The number of nitrogens with one attached hydrogen (secondary N) is 2. The maximum Gasteiger partial charge on any atom is 0.254 e. The topological polar surface area (TPSA) is 80.6 Å². The molecule has 5 rings (SSSR count). The summed E-state index contributed by atoms with van der Waals surface area (Å²) in [5.74, 6) is -0.809. The minimum Gasteiger partial charge on any atom is -0.464 e. The fourth-order valence-corrected chi connectivity index (χ4v) is 5.67. The average Bonchev–Trinajstić information content (AvgIpc) is 3.51. The Morgan fingerprint density at radius 3 is 2.97 bits per heavy atom. The summed E-state index contributed by atoms with van der Waals surface area (Å²) in [6.45, 7) is 1.21. The molecule has 1 atom stereocenters. The molecule has 0 spiro atoms. The number of rotatable bonds is 6. The second-order valence-electron chi connectivity index (χ2n) is 8.03. The van der Waals surface area contributed by atoms with Crippen molar-refractivity contribution in [1.29, 1.82) is 0 Å². The quantitative estimate of drug-likeness (QED) is 0.599. The number of furan rings is 1. The molecule has 2 aromatic heterocycles. The molecule has 1 aliphatic heterocycles. The van der Waals surface area contributed by atoms with Crippen LogP contribution in [0.3, 0.4) is 0 Å². The van der Waals surface area contributed by atoms with Crippen LogP contribution in [0.15, 0.2) is 28.9 Å². The molecule has 1 aliphatic carbocycles. The largest absolute Gasteiger partial charge is 0.464 e. The van der Waals surface area contributed by atoms with Crippen LogP contribution in [0.1, 0.15) is 45.6 Å². The first kappa shape index (κ1) is 20.2. The zero-order chi connectivity index (χ0) is 21.4. The van der Waals surface area contributed by atoms with Gasteiger partial charge < -0.3 is 19.8 Å². The van der Waals surface area contributed by atoms with Gasteiger partial charge in [-0.25, -0.2) is 4.39 Å². The first-order valence-electron chi connectivity index (χ1n) is 10.6. The molecule has 0 bridgehead atoms. The van der Waals surface area contributed by atoms with E-state index in [0.29, 0.717) is 33.6 Å². The highest BCUT2D eigenvalue weighted by molar-refractivity contribution is 7.17. The SMILES string of the molecule is O=C(Cc1coc2ccc(F)cc12)Nc1sc2c(c1C(=O)NCC1CCCO1)CCC2. The lowest BCUT2D eigenvalue weighted by atomic mass is 10.1. The van der Waals surface area contributed by atoms with Crippen LogP contribution in [0, 0.1) is 5.82 Å². The summed E-state index contributed by atoms with van der Waals surface area (Å²) in [4.78, 5) is 26.9. The Labute approximate surface area is 182 Å². The van der Waals surface area contributed by atoms with Crippen LogP contribution in [0.4, 0.5) is 9.39 Å². The molecule has 162 valence electrons. The third kappa shape index (κ3) is 4.09. The zero-order valence-electron chi connectivity index (χ0n) is 17.0. The lowest BCUT2D eigenvalue weighted by molar-refractivity contribution is -0.115. The molecule has 8 heteroatoms. The Hall–Kier alpha value is -2.71. The van der Waals surface area contributed by atoms with E-state index < -0.39 is 0 Å². The Morgan fingerprint density at radius 2 is 2.13 bits per heavy atom. The second kappa shape index (κ2) is 8.43. The standard InChI is InChI=1S/C23H23FN2O4S/c24-14-6-7-18-17(10-14)13(12-30-18)9-20(27)26-23-21(16-4-1-5-19(16)31-23)22(28)25-11-15-3-2-8-29-15/h6-7,10,12,15H,1-5,8-9,11H2,(H,25,28)(H,26,27). The van der Waals surface area contributed by atoms with Crippen LogP contribution in [-0.2, 0) is 28.8 Å². The number of hydrogen-bond acceptors (Lipinski definition) is 5. The van der Waals surface area contributed by atoms with Gasteiger partial charge in [0.15, 0.2) is 0 Å². The van der Waals surface area contributed by atoms with Crippen molar-refractivity contribution >= 4 is 39.1 Å². The predicted molar refractivity (Wildman–Crippen MR) is 116 cm³/mol. The summed E-state index contributed by atoms with van der Waals surface area (Å²) in [5.41, 5.74) is 2.77. The summed E-state index contributed by atoms with van der Waals surface area (Å²) in [5, 5.41) is 7.06. The van der Waals surface area contributed by atoms with Gasteiger partial charge in [0.05, 0.1) is 24.4 Å². The Kier molecular flexibility index (Phi) is 5.50. The fourth-order valence-electron chi connectivity index (χ4n) is 4.37. The maximum atomic E-state index is 13.6. The monoisotopic (exact) mass is 442 g/mol. The highest BCUT2D eigenvalue weighted by Crippen LogP contribution is 2.39. The van der Waals surface area contributed by atoms with Gasteiger partial charge in [-0.2, -0.15) is 0 Å². The van der Waals surface area contributed by atoms with Crippen molar-refractivity contribution in [2.75, 3.05) is 18.5 Å². The first-order valence-corrected chi connectivity index (χ1v) is 11.4. The molecule has 1 aromatic carbocycles. The van der Waals surface area contributed by atoms with E-state index in [1.54, 1.807) is 6.07 Å². The number of hydrogen-bond donors (Lipinski definition) is 2. The predicted octanol–water partition coefficient (Wildman–Crippen LogP) is 4.21. The van der Waals surface area contributed by atoms with Gasteiger partial charge in [-0.3, -0.25) is 9.59 Å². The first-order chi connectivity index (χ1) is 15.1. The third-order valence-corrected chi connectivity index (χ3v) is 7.09. The van der Waals surface area contributed by atoms with Crippen molar-refractivity contribution < 1.29 is 23.1 Å². The van der Waals surface area contributed by atoms with Crippen LogP contribution < -0.4 is 10.6 Å². The van der Waals surface area contributed by atoms with Gasteiger partial charge in [-0.15, -0.1) is 11.3 Å². The van der Waals surface area contributed by atoms with Crippen LogP contribution >= 0.6 is 11.3 Å². The molecule has 2 N–H and O–H groups in total. The molecule has 0 radical (unpaired) electrons. The number of carbonyl (C=O) groups is 2. The summed E-state index contributed by atoms with van der Waals surface area (Å²) in [6, 6.07) is 4.24. The Morgan fingerprint density at radius 1 is 1.23 bits per heavy atom.